The van der Waals surface area contributed by atoms with E-state index >= 15 is 0 Å². The Bertz CT molecular complexity index is 959. The van der Waals surface area contributed by atoms with E-state index in [0.29, 0.717) is 15.2 Å². The number of thiophene rings is 1. The molecule has 0 fully saturated rings. The molecule has 0 saturated heterocycles. The molecule has 0 aliphatic rings. The standard InChI is InChI=1S/C19H20Cl2N4OS2/c1-11(15-7-6-13(20)9-16(15)21)22-18(26)12(2)28-19-24-23-17(25(19)3)10-14-5-4-8-27-14/h4-9,11-12H,10H2,1-3H3,(H,22,26)/t11-,12-/m0/s1. The van der Waals surface area contributed by atoms with Crippen LogP contribution in [-0.2, 0) is 18.3 Å². The van der Waals surface area contributed by atoms with Crippen molar-refractivity contribution in [1.82, 2.24) is 20.1 Å². The van der Waals surface area contributed by atoms with Crippen molar-refractivity contribution in [3.63, 3.8) is 0 Å². The first-order valence-corrected chi connectivity index (χ1v) is 11.2. The van der Waals surface area contributed by atoms with Crippen LogP contribution in [0.1, 0.15) is 36.2 Å². The third kappa shape index (κ3) is 5.08. The van der Waals surface area contributed by atoms with Gasteiger partial charge >= 0.3 is 0 Å². The second kappa shape index (κ2) is 9.31. The van der Waals surface area contributed by atoms with E-state index < -0.39 is 0 Å². The van der Waals surface area contributed by atoms with Crippen LogP contribution in [0.4, 0.5) is 0 Å². The van der Waals surface area contributed by atoms with E-state index in [1.807, 2.05) is 43.0 Å². The Morgan fingerprint density at radius 1 is 1.29 bits per heavy atom. The lowest BCUT2D eigenvalue weighted by Gasteiger charge is -2.18. The van der Waals surface area contributed by atoms with Crippen molar-refractivity contribution in [3.05, 3.63) is 62.0 Å². The topological polar surface area (TPSA) is 59.8 Å². The molecule has 148 valence electrons. The molecule has 0 aliphatic carbocycles. The van der Waals surface area contributed by atoms with Crippen LogP contribution in [0, 0.1) is 0 Å². The number of hydrogen-bond donors (Lipinski definition) is 1. The molecule has 2 atom stereocenters. The maximum Gasteiger partial charge on any atom is 0.233 e. The van der Waals surface area contributed by atoms with Crippen LogP contribution in [0.2, 0.25) is 10.0 Å². The average Bonchev–Trinajstić information content (AvgIpc) is 3.27. The summed E-state index contributed by atoms with van der Waals surface area (Å²) in [5.74, 6) is 0.783. The average molecular weight is 455 g/mol. The van der Waals surface area contributed by atoms with Gasteiger partial charge in [-0.25, -0.2) is 0 Å². The quantitative estimate of drug-likeness (QED) is 0.502. The van der Waals surface area contributed by atoms with Gasteiger partial charge in [-0.05, 0) is 43.0 Å². The highest BCUT2D eigenvalue weighted by Gasteiger charge is 2.21. The van der Waals surface area contributed by atoms with Crippen molar-refractivity contribution >= 4 is 52.2 Å². The second-order valence-corrected chi connectivity index (χ2v) is 9.55. The molecule has 3 rings (SSSR count). The first kappa shape index (κ1) is 21.2. The molecule has 0 bridgehead atoms. The van der Waals surface area contributed by atoms with Crippen molar-refractivity contribution in [3.8, 4) is 0 Å². The van der Waals surface area contributed by atoms with Crippen LogP contribution in [-0.4, -0.2) is 25.9 Å². The number of benzene rings is 1. The Morgan fingerprint density at radius 2 is 2.07 bits per heavy atom. The number of aromatic nitrogens is 3. The smallest absolute Gasteiger partial charge is 0.233 e. The zero-order chi connectivity index (χ0) is 20.3. The fourth-order valence-corrected chi connectivity index (χ4v) is 4.76. The highest BCUT2D eigenvalue weighted by Crippen LogP contribution is 2.27. The van der Waals surface area contributed by atoms with Gasteiger partial charge in [-0.15, -0.1) is 21.5 Å². The lowest BCUT2D eigenvalue weighted by atomic mass is 10.1. The number of rotatable bonds is 7. The monoisotopic (exact) mass is 454 g/mol. The summed E-state index contributed by atoms with van der Waals surface area (Å²) in [5.41, 5.74) is 0.827. The fourth-order valence-electron chi connectivity index (χ4n) is 2.64. The lowest BCUT2D eigenvalue weighted by Crippen LogP contribution is -2.33. The Labute approximate surface area is 182 Å². The summed E-state index contributed by atoms with van der Waals surface area (Å²) in [4.78, 5) is 13.9. The summed E-state index contributed by atoms with van der Waals surface area (Å²) < 4.78 is 1.94. The first-order chi connectivity index (χ1) is 13.3. The maximum atomic E-state index is 12.6. The fraction of sp³-hybridized carbons (Fsp3) is 0.316. The number of halogens is 2. The van der Waals surface area contributed by atoms with Gasteiger partial charge in [0.15, 0.2) is 5.16 Å². The van der Waals surface area contributed by atoms with Crippen LogP contribution in [0.3, 0.4) is 0 Å². The zero-order valence-electron chi connectivity index (χ0n) is 15.6. The summed E-state index contributed by atoms with van der Waals surface area (Å²) in [6, 6.07) is 9.13. The molecular weight excluding hydrogens is 435 g/mol. The van der Waals surface area contributed by atoms with Gasteiger partial charge < -0.3 is 9.88 Å². The molecule has 0 unspecified atom stereocenters. The van der Waals surface area contributed by atoms with Gasteiger partial charge in [0.1, 0.15) is 5.82 Å². The van der Waals surface area contributed by atoms with Crippen molar-refractivity contribution in [2.75, 3.05) is 0 Å². The van der Waals surface area contributed by atoms with E-state index in [2.05, 4.69) is 21.6 Å². The van der Waals surface area contributed by atoms with Crippen LogP contribution in [0.5, 0.6) is 0 Å². The Hall–Kier alpha value is -1.54. The predicted molar refractivity (Wildman–Crippen MR) is 116 cm³/mol. The minimum atomic E-state index is -0.328. The van der Waals surface area contributed by atoms with Gasteiger partial charge in [0, 0.05) is 28.4 Å². The highest BCUT2D eigenvalue weighted by molar-refractivity contribution is 8.00. The van der Waals surface area contributed by atoms with Crippen molar-refractivity contribution in [2.45, 2.75) is 36.7 Å². The second-order valence-electron chi connectivity index (χ2n) is 6.37. The summed E-state index contributed by atoms with van der Waals surface area (Å²) >= 11 is 15.2. The molecule has 1 N–H and O–H groups in total. The third-order valence-electron chi connectivity index (χ3n) is 4.28. The van der Waals surface area contributed by atoms with Gasteiger partial charge in [-0.3, -0.25) is 4.79 Å². The van der Waals surface area contributed by atoms with Crippen molar-refractivity contribution in [2.24, 2.45) is 7.05 Å². The van der Waals surface area contributed by atoms with E-state index in [1.165, 1.54) is 16.6 Å². The molecule has 2 aromatic heterocycles. The number of carbonyl (C=O) groups is 1. The lowest BCUT2D eigenvalue weighted by molar-refractivity contribution is -0.120. The Kier molecular flexibility index (Phi) is 7.04. The van der Waals surface area contributed by atoms with Crippen molar-refractivity contribution in [1.29, 1.82) is 0 Å². The molecule has 0 aliphatic heterocycles. The third-order valence-corrected chi connectivity index (χ3v) is 6.85. The van der Waals surface area contributed by atoms with Gasteiger partial charge in [-0.2, -0.15) is 0 Å². The molecular formula is C19H20Cl2N4OS2. The first-order valence-electron chi connectivity index (χ1n) is 8.67. The van der Waals surface area contributed by atoms with E-state index in [9.17, 15) is 4.79 Å². The SMILES string of the molecule is C[C@H](Sc1nnc(Cc2cccs2)n1C)C(=O)N[C@@H](C)c1ccc(Cl)cc1Cl. The molecule has 2 heterocycles. The van der Waals surface area contributed by atoms with E-state index in [4.69, 9.17) is 23.2 Å². The normalized spacial score (nSPS) is 13.3. The minimum absolute atomic E-state index is 0.0914. The molecule has 0 saturated carbocycles. The molecule has 5 nitrogen and oxygen atoms in total. The molecule has 9 heteroatoms. The largest absolute Gasteiger partial charge is 0.349 e. The zero-order valence-corrected chi connectivity index (χ0v) is 18.8. The molecule has 0 spiro atoms. The minimum Gasteiger partial charge on any atom is -0.349 e. The summed E-state index contributed by atoms with van der Waals surface area (Å²) in [6.07, 6.45) is 0.731. The summed E-state index contributed by atoms with van der Waals surface area (Å²) in [5, 5.41) is 15.0. The number of nitrogens with one attached hydrogen (secondary N) is 1. The number of thioether (sulfide) groups is 1. The molecule has 1 aromatic carbocycles. The van der Waals surface area contributed by atoms with Gasteiger partial charge in [0.25, 0.3) is 0 Å². The molecule has 28 heavy (non-hydrogen) atoms. The van der Waals surface area contributed by atoms with Crippen LogP contribution < -0.4 is 5.32 Å². The van der Waals surface area contributed by atoms with Gasteiger partial charge in [0.05, 0.1) is 11.3 Å². The number of carbonyl (C=O) groups excluding carboxylic acids is 1. The van der Waals surface area contributed by atoms with Crippen LogP contribution >= 0.6 is 46.3 Å². The van der Waals surface area contributed by atoms with Crippen LogP contribution in [0.25, 0.3) is 0 Å². The van der Waals surface area contributed by atoms with Gasteiger partial charge in [-0.1, -0.05) is 47.1 Å². The van der Waals surface area contributed by atoms with Crippen molar-refractivity contribution < 1.29 is 4.79 Å². The molecule has 1 amide bonds. The van der Waals surface area contributed by atoms with Gasteiger partial charge in [0.2, 0.25) is 5.91 Å². The Morgan fingerprint density at radius 3 is 2.75 bits per heavy atom. The predicted octanol–water partition coefficient (Wildman–Crippen LogP) is 5.13. The van der Waals surface area contributed by atoms with Crippen LogP contribution in [0.15, 0.2) is 40.9 Å². The van der Waals surface area contributed by atoms with E-state index in [1.54, 1.807) is 23.5 Å². The van der Waals surface area contributed by atoms with E-state index in [0.717, 1.165) is 17.8 Å². The molecule has 3 aromatic rings. The Balaban J connectivity index is 1.62. The highest BCUT2D eigenvalue weighted by atomic mass is 35.5. The summed E-state index contributed by atoms with van der Waals surface area (Å²) in [6.45, 7) is 3.75. The number of hydrogen-bond acceptors (Lipinski definition) is 5. The molecule has 0 radical (unpaired) electrons. The number of amides is 1. The number of nitrogens with zero attached hydrogens (tertiary/aromatic N) is 3. The van der Waals surface area contributed by atoms with E-state index in [-0.39, 0.29) is 17.2 Å². The maximum absolute atomic E-state index is 12.6. The summed E-state index contributed by atoms with van der Waals surface area (Å²) in [7, 11) is 1.92.